The highest BCUT2D eigenvalue weighted by Crippen LogP contribution is 2.15. The van der Waals surface area contributed by atoms with Gasteiger partial charge in [-0.3, -0.25) is 4.98 Å². The van der Waals surface area contributed by atoms with E-state index in [2.05, 4.69) is 49.2 Å². The number of pyridine rings is 1. The van der Waals surface area contributed by atoms with Crippen molar-refractivity contribution in [3.63, 3.8) is 0 Å². The summed E-state index contributed by atoms with van der Waals surface area (Å²) in [4.78, 5) is 4.51. The predicted octanol–water partition coefficient (Wildman–Crippen LogP) is 3.00. The van der Waals surface area contributed by atoms with Gasteiger partial charge in [-0.05, 0) is 41.7 Å². The quantitative estimate of drug-likeness (QED) is 0.892. The molecule has 2 aromatic rings. The Bertz CT molecular complexity index is 515. The molecular weight excluding hydrogens is 220 g/mol. The zero-order chi connectivity index (χ0) is 13.0. The normalized spacial score (nSPS) is 10.6. The lowest BCUT2D eigenvalue weighted by Crippen LogP contribution is -2.00. The molecule has 0 amide bonds. The van der Waals surface area contributed by atoms with E-state index in [-0.39, 0.29) is 0 Å². The first-order valence-corrected chi connectivity index (χ1v) is 6.45. The van der Waals surface area contributed by atoms with Crippen LogP contribution in [0.4, 0.5) is 0 Å². The summed E-state index contributed by atoms with van der Waals surface area (Å²) < 4.78 is 0. The number of rotatable bonds is 4. The van der Waals surface area contributed by atoms with E-state index in [0.29, 0.717) is 6.54 Å². The summed E-state index contributed by atoms with van der Waals surface area (Å²) in [7, 11) is 0. The minimum absolute atomic E-state index is 0.593. The van der Waals surface area contributed by atoms with Crippen molar-refractivity contribution in [2.45, 2.75) is 33.2 Å². The van der Waals surface area contributed by atoms with E-state index in [1.165, 1.54) is 22.3 Å². The third-order valence-corrected chi connectivity index (χ3v) is 3.32. The summed E-state index contributed by atoms with van der Waals surface area (Å²) in [6.45, 7) is 4.87. The molecule has 2 N–H and O–H groups in total. The minimum atomic E-state index is 0.593. The van der Waals surface area contributed by atoms with Crippen molar-refractivity contribution in [1.29, 1.82) is 0 Å². The summed E-state index contributed by atoms with van der Waals surface area (Å²) in [5.41, 5.74) is 11.9. The molecule has 1 aromatic carbocycles. The maximum Gasteiger partial charge on any atom is 0.0447 e. The smallest absolute Gasteiger partial charge is 0.0447 e. The average Bonchev–Trinajstić information content (AvgIpc) is 2.42. The second kappa shape index (κ2) is 5.78. The highest BCUT2D eigenvalue weighted by Gasteiger charge is 2.03. The fourth-order valence-corrected chi connectivity index (χ4v) is 2.01. The first-order chi connectivity index (χ1) is 8.72. The van der Waals surface area contributed by atoms with Crippen LogP contribution in [-0.2, 0) is 19.4 Å². The summed E-state index contributed by atoms with van der Waals surface area (Å²) in [6, 6.07) is 10.7. The molecule has 0 aliphatic carbocycles. The largest absolute Gasteiger partial charge is 0.326 e. The predicted molar refractivity (Wildman–Crippen MR) is 75.5 cm³/mol. The lowest BCUT2D eigenvalue weighted by Gasteiger charge is -2.08. The van der Waals surface area contributed by atoms with Crippen molar-refractivity contribution in [3.8, 4) is 0 Å². The molecule has 0 unspecified atom stereocenters. The van der Waals surface area contributed by atoms with Crippen LogP contribution in [-0.4, -0.2) is 4.98 Å². The lowest BCUT2D eigenvalue weighted by atomic mass is 10.0. The molecule has 2 heteroatoms. The summed E-state index contributed by atoms with van der Waals surface area (Å²) >= 11 is 0. The van der Waals surface area contributed by atoms with E-state index < -0.39 is 0 Å². The van der Waals surface area contributed by atoms with Gasteiger partial charge in [-0.2, -0.15) is 0 Å². The van der Waals surface area contributed by atoms with E-state index in [1.54, 1.807) is 0 Å². The Morgan fingerprint density at radius 3 is 2.50 bits per heavy atom. The Morgan fingerprint density at radius 1 is 1.11 bits per heavy atom. The Hall–Kier alpha value is -1.67. The average molecular weight is 240 g/mol. The molecule has 0 aliphatic rings. The van der Waals surface area contributed by atoms with Gasteiger partial charge >= 0.3 is 0 Å². The van der Waals surface area contributed by atoms with Crippen LogP contribution >= 0.6 is 0 Å². The van der Waals surface area contributed by atoms with E-state index in [4.69, 9.17) is 5.73 Å². The van der Waals surface area contributed by atoms with Gasteiger partial charge in [-0.15, -0.1) is 0 Å². The van der Waals surface area contributed by atoms with Gasteiger partial charge in [0, 0.05) is 24.9 Å². The Labute approximate surface area is 109 Å². The first kappa shape index (κ1) is 12.8. The van der Waals surface area contributed by atoms with Gasteiger partial charge in [0.2, 0.25) is 0 Å². The Kier molecular flexibility index (Phi) is 4.11. The maximum absolute atomic E-state index is 5.68. The van der Waals surface area contributed by atoms with Gasteiger partial charge < -0.3 is 5.73 Å². The molecule has 0 fully saturated rings. The molecule has 0 radical (unpaired) electrons. The second-order valence-corrected chi connectivity index (χ2v) is 4.65. The lowest BCUT2D eigenvalue weighted by molar-refractivity contribution is 1.01. The number of benzene rings is 1. The molecule has 2 nitrogen and oxygen atoms in total. The molecule has 0 atom stereocenters. The minimum Gasteiger partial charge on any atom is -0.326 e. The number of aromatic nitrogens is 1. The van der Waals surface area contributed by atoms with Gasteiger partial charge in [-0.25, -0.2) is 0 Å². The number of hydrogen-bond donors (Lipinski definition) is 1. The third-order valence-electron chi connectivity index (χ3n) is 3.32. The highest BCUT2D eigenvalue weighted by molar-refractivity contribution is 5.34. The molecule has 94 valence electrons. The Balaban J connectivity index is 2.21. The topological polar surface area (TPSA) is 38.9 Å². The molecule has 0 aliphatic heterocycles. The van der Waals surface area contributed by atoms with E-state index in [1.807, 2.05) is 6.20 Å². The SMILES string of the molecule is CCc1ccc(Cc2cc(CN)ccc2C)nc1. The van der Waals surface area contributed by atoms with Crippen LogP contribution in [0, 0.1) is 6.92 Å². The third kappa shape index (κ3) is 2.96. The number of nitrogens with two attached hydrogens (primary N) is 1. The zero-order valence-corrected chi connectivity index (χ0v) is 11.1. The van der Waals surface area contributed by atoms with Crippen molar-refractivity contribution in [2.24, 2.45) is 5.73 Å². The van der Waals surface area contributed by atoms with Gasteiger partial charge in [-0.1, -0.05) is 31.2 Å². The van der Waals surface area contributed by atoms with Crippen LogP contribution in [0.2, 0.25) is 0 Å². The number of nitrogens with zero attached hydrogens (tertiary/aromatic N) is 1. The fourth-order valence-electron chi connectivity index (χ4n) is 2.01. The summed E-state index contributed by atoms with van der Waals surface area (Å²) in [5.74, 6) is 0. The van der Waals surface area contributed by atoms with E-state index in [0.717, 1.165) is 18.5 Å². The van der Waals surface area contributed by atoms with Gasteiger partial charge in [0.1, 0.15) is 0 Å². The maximum atomic E-state index is 5.68. The van der Waals surface area contributed by atoms with Crippen molar-refractivity contribution in [3.05, 3.63) is 64.5 Å². The Morgan fingerprint density at radius 2 is 1.89 bits per heavy atom. The molecular formula is C16H20N2. The molecule has 1 heterocycles. The monoisotopic (exact) mass is 240 g/mol. The summed E-state index contributed by atoms with van der Waals surface area (Å²) in [6.07, 6.45) is 3.89. The summed E-state index contributed by atoms with van der Waals surface area (Å²) in [5, 5.41) is 0. The first-order valence-electron chi connectivity index (χ1n) is 6.45. The van der Waals surface area contributed by atoms with Gasteiger partial charge in [0.05, 0.1) is 0 Å². The highest BCUT2D eigenvalue weighted by atomic mass is 14.7. The molecule has 1 aromatic heterocycles. The van der Waals surface area contributed by atoms with Crippen LogP contribution in [0.1, 0.15) is 34.9 Å². The van der Waals surface area contributed by atoms with Crippen LogP contribution in [0.5, 0.6) is 0 Å². The zero-order valence-electron chi connectivity index (χ0n) is 11.1. The van der Waals surface area contributed by atoms with E-state index in [9.17, 15) is 0 Å². The molecule has 0 bridgehead atoms. The molecule has 0 spiro atoms. The second-order valence-electron chi connectivity index (χ2n) is 4.65. The van der Waals surface area contributed by atoms with Crippen molar-refractivity contribution in [1.82, 2.24) is 4.98 Å². The fraction of sp³-hybridized carbons (Fsp3) is 0.312. The number of hydrogen-bond acceptors (Lipinski definition) is 2. The molecule has 0 saturated carbocycles. The van der Waals surface area contributed by atoms with E-state index >= 15 is 0 Å². The van der Waals surface area contributed by atoms with Crippen LogP contribution in [0.25, 0.3) is 0 Å². The van der Waals surface area contributed by atoms with Crippen LogP contribution < -0.4 is 5.73 Å². The van der Waals surface area contributed by atoms with Crippen molar-refractivity contribution in [2.75, 3.05) is 0 Å². The van der Waals surface area contributed by atoms with Gasteiger partial charge in [0.15, 0.2) is 0 Å². The molecule has 18 heavy (non-hydrogen) atoms. The van der Waals surface area contributed by atoms with Crippen LogP contribution in [0.15, 0.2) is 36.5 Å². The van der Waals surface area contributed by atoms with Crippen molar-refractivity contribution >= 4 is 0 Å². The number of aryl methyl sites for hydroxylation is 2. The molecule has 0 saturated heterocycles. The standard InChI is InChI=1S/C16H20N2/c1-3-13-6-7-16(18-11-13)9-15-8-14(10-17)5-4-12(15)2/h4-8,11H,3,9-10,17H2,1-2H3. The van der Waals surface area contributed by atoms with Crippen molar-refractivity contribution < 1.29 is 0 Å². The van der Waals surface area contributed by atoms with Crippen LogP contribution in [0.3, 0.4) is 0 Å². The van der Waals surface area contributed by atoms with Gasteiger partial charge in [0.25, 0.3) is 0 Å². The molecule has 2 rings (SSSR count).